The van der Waals surface area contributed by atoms with Crippen molar-refractivity contribution in [3.63, 3.8) is 0 Å². The van der Waals surface area contributed by atoms with Gasteiger partial charge < -0.3 is 0 Å². The van der Waals surface area contributed by atoms with Gasteiger partial charge >= 0.3 is 0 Å². The molecule has 1 rings (SSSR count). The number of hydrazine groups is 1. The van der Waals surface area contributed by atoms with E-state index < -0.39 is 0 Å². The molecule has 0 radical (unpaired) electrons. The summed E-state index contributed by atoms with van der Waals surface area (Å²) in [5.74, 6) is 8.09. The molecule has 0 bridgehead atoms. The number of hydrogen-bond acceptors (Lipinski definition) is 2. The van der Waals surface area contributed by atoms with Crippen LogP contribution in [0.4, 0.5) is 0 Å². The SMILES string of the molecule is CC(C)CCC(NN)C(C)C1CC1. The van der Waals surface area contributed by atoms with Crippen LogP contribution in [0, 0.1) is 17.8 Å². The molecule has 2 atom stereocenters. The molecule has 2 unspecified atom stereocenters. The van der Waals surface area contributed by atoms with E-state index in [2.05, 4.69) is 26.2 Å². The van der Waals surface area contributed by atoms with E-state index in [9.17, 15) is 0 Å². The molecule has 13 heavy (non-hydrogen) atoms. The van der Waals surface area contributed by atoms with Crippen LogP contribution in [-0.2, 0) is 0 Å². The lowest BCUT2D eigenvalue weighted by atomic mass is 9.91. The van der Waals surface area contributed by atoms with Crippen molar-refractivity contribution in [1.82, 2.24) is 5.43 Å². The summed E-state index contributed by atoms with van der Waals surface area (Å²) in [5.41, 5.74) is 2.98. The van der Waals surface area contributed by atoms with Gasteiger partial charge in [-0.3, -0.25) is 11.3 Å². The van der Waals surface area contributed by atoms with Gasteiger partial charge in [-0.2, -0.15) is 0 Å². The quantitative estimate of drug-likeness (QED) is 0.491. The monoisotopic (exact) mass is 184 g/mol. The van der Waals surface area contributed by atoms with Gasteiger partial charge in [0.1, 0.15) is 0 Å². The molecular weight excluding hydrogens is 160 g/mol. The Morgan fingerprint density at radius 1 is 1.23 bits per heavy atom. The number of nitrogens with two attached hydrogens (primary N) is 1. The second-order valence-electron chi connectivity index (χ2n) is 4.94. The van der Waals surface area contributed by atoms with Crippen molar-refractivity contribution < 1.29 is 0 Å². The van der Waals surface area contributed by atoms with E-state index in [-0.39, 0.29) is 0 Å². The fraction of sp³-hybridized carbons (Fsp3) is 1.00. The summed E-state index contributed by atoms with van der Waals surface area (Å²) in [5, 5.41) is 0. The highest BCUT2D eigenvalue weighted by Gasteiger charge is 2.32. The van der Waals surface area contributed by atoms with Crippen molar-refractivity contribution in [3.8, 4) is 0 Å². The Morgan fingerprint density at radius 2 is 1.85 bits per heavy atom. The van der Waals surface area contributed by atoms with Crippen LogP contribution >= 0.6 is 0 Å². The van der Waals surface area contributed by atoms with E-state index in [0.29, 0.717) is 6.04 Å². The first kappa shape index (κ1) is 11.0. The lowest BCUT2D eigenvalue weighted by molar-refractivity contribution is 0.310. The Balaban J connectivity index is 2.24. The Bertz CT molecular complexity index is 141. The minimum atomic E-state index is 0.537. The van der Waals surface area contributed by atoms with Gasteiger partial charge in [0, 0.05) is 6.04 Å². The number of hydrogen-bond donors (Lipinski definition) is 2. The molecule has 0 aliphatic heterocycles. The molecule has 0 heterocycles. The van der Waals surface area contributed by atoms with Gasteiger partial charge in [-0.15, -0.1) is 0 Å². The molecule has 0 spiro atoms. The summed E-state index contributed by atoms with van der Waals surface area (Å²) in [7, 11) is 0. The van der Waals surface area contributed by atoms with Crippen molar-refractivity contribution >= 4 is 0 Å². The third-order valence-corrected chi connectivity index (χ3v) is 3.27. The van der Waals surface area contributed by atoms with Crippen molar-refractivity contribution in [1.29, 1.82) is 0 Å². The molecule has 0 aromatic rings. The van der Waals surface area contributed by atoms with Gasteiger partial charge in [0.15, 0.2) is 0 Å². The highest BCUT2D eigenvalue weighted by atomic mass is 15.2. The van der Waals surface area contributed by atoms with Crippen molar-refractivity contribution in [3.05, 3.63) is 0 Å². The third-order valence-electron chi connectivity index (χ3n) is 3.27. The van der Waals surface area contributed by atoms with Gasteiger partial charge in [0.2, 0.25) is 0 Å². The minimum absolute atomic E-state index is 0.537. The molecule has 1 aliphatic rings. The minimum Gasteiger partial charge on any atom is -0.271 e. The Labute approximate surface area is 82.2 Å². The molecule has 1 aliphatic carbocycles. The molecule has 1 fully saturated rings. The van der Waals surface area contributed by atoms with Crippen molar-refractivity contribution in [2.45, 2.75) is 52.5 Å². The van der Waals surface area contributed by atoms with Gasteiger partial charge in [-0.05, 0) is 43.4 Å². The standard InChI is InChI=1S/C11H24N2/c1-8(2)4-7-11(13-12)9(3)10-5-6-10/h8-11,13H,4-7,12H2,1-3H3. The topological polar surface area (TPSA) is 38.0 Å². The van der Waals surface area contributed by atoms with E-state index in [4.69, 9.17) is 5.84 Å². The van der Waals surface area contributed by atoms with E-state index in [1.807, 2.05) is 0 Å². The van der Waals surface area contributed by atoms with E-state index >= 15 is 0 Å². The maximum Gasteiger partial charge on any atom is 0.0238 e. The largest absolute Gasteiger partial charge is 0.271 e. The lowest BCUT2D eigenvalue weighted by Gasteiger charge is -2.23. The highest BCUT2D eigenvalue weighted by Crippen LogP contribution is 2.39. The van der Waals surface area contributed by atoms with Crippen LogP contribution in [0.5, 0.6) is 0 Å². The van der Waals surface area contributed by atoms with Crippen LogP contribution in [0.25, 0.3) is 0 Å². The fourth-order valence-corrected chi connectivity index (χ4v) is 1.96. The Kier molecular flexibility index (Phi) is 4.20. The lowest BCUT2D eigenvalue weighted by Crippen LogP contribution is -2.40. The van der Waals surface area contributed by atoms with E-state index in [0.717, 1.165) is 17.8 Å². The van der Waals surface area contributed by atoms with Crippen molar-refractivity contribution in [2.24, 2.45) is 23.6 Å². The first-order chi connectivity index (χ1) is 6.15. The molecule has 78 valence electrons. The fourth-order valence-electron chi connectivity index (χ4n) is 1.96. The zero-order valence-corrected chi connectivity index (χ0v) is 9.22. The van der Waals surface area contributed by atoms with E-state index in [1.165, 1.54) is 25.7 Å². The summed E-state index contributed by atoms with van der Waals surface area (Å²) < 4.78 is 0. The van der Waals surface area contributed by atoms with Crippen molar-refractivity contribution in [2.75, 3.05) is 0 Å². The molecule has 0 amide bonds. The normalized spacial score (nSPS) is 21.9. The van der Waals surface area contributed by atoms with Gasteiger partial charge in [0.25, 0.3) is 0 Å². The molecule has 2 heteroatoms. The summed E-state index contributed by atoms with van der Waals surface area (Å²) in [6, 6.07) is 0.537. The molecule has 1 saturated carbocycles. The van der Waals surface area contributed by atoms with Crippen LogP contribution in [0.1, 0.15) is 46.5 Å². The van der Waals surface area contributed by atoms with Gasteiger partial charge in [-0.1, -0.05) is 20.8 Å². The van der Waals surface area contributed by atoms with E-state index in [1.54, 1.807) is 0 Å². The number of nitrogens with one attached hydrogen (secondary N) is 1. The molecular formula is C11H24N2. The highest BCUT2D eigenvalue weighted by molar-refractivity contribution is 4.85. The predicted octanol–water partition coefficient (Wildman–Crippen LogP) is 2.30. The smallest absolute Gasteiger partial charge is 0.0238 e. The summed E-state index contributed by atoms with van der Waals surface area (Å²) >= 11 is 0. The molecule has 2 nitrogen and oxygen atoms in total. The second-order valence-corrected chi connectivity index (χ2v) is 4.94. The van der Waals surface area contributed by atoms with Gasteiger partial charge in [-0.25, -0.2) is 0 Å². The van der Waals surface area contributed by atoms with Crippen LogP contribution in [0.2, 0.25) is 0 Å². The van der Waals surface area contributed by atoms with Crippen LogP contribution in [-0.4, -0.2) is 6.04 Å². The summed E-state index contributed by atoms with van der Waals surface area (Å²) in [6.07, 6.45) is 5.35. The predicted molar refractivity (Wildman–Crippen MR) is 57.1 cm³/mol. The molecule has 0 aromatic heterocycles. The zero-order chi connectivity index (χ0) is 9.84. The first-order valence-electron chi connectivity index (χ1n) is 5.61. The first-order valence-corrected chi connectivity index (χ1v) is 5.61. The maximum absolute atomic E-state index is 5.58. The maximum atomic E-state index is 5.58. The Morgan fingerprint density at radius 3 is 2.23 bits per heavy atom. The summed E-state index contributed by atoms with van der Waals surface area (Å²) in [6.45, 7) is 6.88. The zero-order valence-electron chi connectivity index (χ0n) is 9.22. The van der Waals surface area contributed by atoms with Crippen LogP contribution < -0.4 is 11.3 Å². The number of rotatable bonds is 6. The average Bonchev–Trinajstić information content (AvgIpc) is 2.86. The van der Waals surface area contributed by atoms with Gasteiger partial charge in [0.05, 0.1) is 0 Å². The summed E-state index contributed by atoms with van der Waals surface area (Å²) in [4.78, 5) is 0. The van der Waals surface area contributed by atoms with Crippen LogP contribution in [0.3, 0.4) is 0 Å². The second kappa shape index (κ2) is 4.97. The van der Waals surface area contributed by atoms with Crippen LogP contribution in [0.15, 0.2) is 0 Å². The molecule has 0 saturated heterocycles. The average molecular weight is 184 g/mol. The third kappa shape index (κ3) is 3.65. The Hall–Kier alpha value is -0.0800. The molecule has 0 aromatic carbocycles. The molecule has 3 N–H and O–H groups in total.